The first-order valence-electron chi connectivity index (χ1n) is 4.97. The van der Waals surface area contributed by atoms with E-state index < -0.39 is 15.8 Å². The summed E-state index contributed by atoms with van der Waals surface area (Å²) in [5.41, 5.74) is 5.69. The summed E-state index contributed by atoms with van der Waals surface area (Å²) < 4.78 is 38.9. The van der Waals surface area contributed by atoms with Crippen molar-refractivity contribution in [3.05, 3.63) is 48.4 Å². The van der Waals surface area contributed by atoms with Crippen LogP contribution in [0.15, 0.2) is 47.5 Å². The Labute approximate surface area is 104 Å². The van der Waals surface area contributed by atoms with Crippen molar-refractivity contribution >= 4 is 21.5 Å². The Kier molecular flexibility index (Phi) is 3.15. The standard InChI is InChI=1S/C11H10FN3O2S/c12-8-1-3-9(4-2-8)15-18(16,17)10-5-6-14-11(13)7-10/h1-7,15H,(H2,13,14). The molecule has 0 unspecified atom stereocenters. The molecule has 1 aromatic heterocycles. The molecule has 0 radical (unpaired) electrons. The largest absolute Gasteiger partial charge is 0.384 e. The maximum Gasteiger partial charge on any atom is 0.262 e. The van der Waals surface area contributed by atoms with Gasteiger partial charge in [0, 0.05) is 18.0 Å². The van der Waals surface area contributed by atoms with E-state index in [1.165, 1.54) is 42.6 Å². The molecule has 94 valence electrons. The van der Waals surface area contributed by atoms with Crippen molar-refractivity contribution in [2.75, 3.05) is 10.5 Å². The third-order valence-corrected chi connectivity index (χ3v) is 3.54. The number of halogens is 1. The topological polar surface area (TPSA) is 85.1 Å². The number of rotatable bonds is 3. The van der Waals surface area contributed by atoms with Crippen molar-refractivity contribution in [3.63, 3.8) is 0 Å². The second kappa shape index (κ2) is 4.61. The van der Waals surface area contributed by atoms with E-state index in [0.717, 1.165) is 0 Å². The summed E-state index contributed by atoms with van der Waals surface area (Å²) in [5, 5.41) is 0. The molecule has 7 heteroatoms. The normalized spacial score (nSPS) is 11.2. The van der Waals surface area contributed by atoms with Crippen molar-refractivity contribution in [2.45, 2.75) is 4.90 Å². The molecule has 0 saturated carbocycles. The number of hydrogen-bond acceptors (Lipinski definition) is 4. The quantitative estimate of drug-likeness (QED) is 0.884. The molecular weight excluding hydrogens is 257 g/mol. The highest BCUT2D eigenvalue weighted by molar-refractivity contribution is 7.92. The third kappa shape index (κ3) is 2.75. The van der Waals surface area contributed by atoms with Gasteiger partial charge in [0.25, 0.3) is 10.0 Å². The summed E-state index contributed by atoms with van der Waals surface area (Å²) in [6, 6.07) is 7.56. The first-order chi connectivity index (χ1) is 8.47. The number of nitrogens with one attached hydrogen (secondary N) is 1. The molecule has 0 fully saturated rings. The van der Waals surface area contributed by atoms with E-state index in [4.69, 9.17) is 5.73 Å². The minimum Gasteiger partial charge on any atom is -0.384 e. The number of nitrogens with zero attached hydrogens (tertiary/aromatic N) is 1. The lowest BCUT2D eigenvalue weighted by Crippen LogP contribution is -2.13. The van der Waals surface area contributed by atoms with Gasteiger partial charge in [-0.25, -0.2) is 17.8 Å². The number of sulfonamides is 1. The van der Waals surface area contributed by atoms with Crippen LogP contribution in [0.2, 0.25) is 0 Å². The lowest BCUT2D eigenvalue weighted by Gasteiger charge is -2.08. The summed E-state index contributed by atoms with van der Waals surface area (Å²) >= 11 is 0. The summed E-state index contributed by atoms with van der Waals surface area (Å²) in [7, 11) is -3.74. The van der Waals surface area contributed by atoms with Gasteiger partial charge in [-0.3, -0.25) is 4.72 Å². The van der Waals surface area contributed by atoms with Crippen LogP contribution in [-0.4, -0.2) is 13.4 Å². The average Bonchev–Trinajstić information content (AvgIpc) is 2.32. The number of pyridine rings is 1. The van der Waals surface area contributed by atoms with Gasteiger partial charge in [0.15, 0.2) is 0 Å². The summed E-state index contributed by atoms with van der Waals surface area (Å²) in [4.78, 5) is 3.71. The fourth-order valence-electron chi connectivity index (χ4n) is 1.33. The molecule has 1 heterocycles. The lowest BCUT2D eigenvalue weighted by atomic mass is 10.3. The van der Waals surface area contributed by atoms with Gasteiger partial charge in [0.2, 0.25) is 0 Å². The highest BCUT2D eigenvalue weighted by atomic mass is 32.2. The second-order valence-corrected chi connectivity index (χ2v) is 5.21. The molecule has 3 N–H and O–H groups in total. The number of benzene rings is 1. The smallest absolute Gasteiger partial charge is 0.262 e. The van der Waals surface area contributed by atoms with Gasteiger partial charge in [0.05, 0.1) is 4.90 Å². The SMILES string of the molecule is Nc1cc(S(=O)(=O)Nc2ccc(F)cc2)ccn1. The van der Waals surface area contributed by atoms with Gasteiger partial charge >= 0.3 is 0 Å². The molecule has 0 atom stereocenters. The minimum atomic E-state index is -3.74. The van der Waals surface area contributed by atoms with E-state index in [9.17, 15) is 12.8 Å². The van der Waals surface area contributed by atoms with Crippen molar-refractivity contribution in [1.82, 2.24) is 4.98 Å². The van der Waals surface area contributed by atoms with E-state index in [0.29, 0.717) is 0 Å². The molecule has 1 aromatic carbocycles. The monoisotopic (exact) mass is 267 g/mol. The van der Waals surface area contributed by atoms with Crippen LogP contribution in [0.25, 0.3) is 0 Å². The minimum absolute atomic E-state index is 0.000625. The third-order valence-electron chi connectivity index (χ3n) is 2.16. The number of nitrogens with two attached hydrogens (primary N) is 1. The van der Waals surface area contributed by atoms with Gasteiger partial charge in [-0.15, -0.1) is 0 Å². The van der Waals surface area contributed by atoms with E-state index in [1.807, 2.05) is 0 Å². The Balaban J connectivity index is 2.30. The molecule has 2 aromatic rings. The number of aromatic nitrogens is 1. The maximum atomic E-state index is 12.7. The molecule has 0 saturated heterocycles. The Morgan fingerprint density at radius 1 is 1.17 bits per heavy atom. The van der Waals surface area contributed by atoms with Crippen LogP contribution in [0.4, 0.5) is 15.9 Å². The van der Waals surface area contributed by atoms with Crippen LogP contribution in [0.1, 0.15) is 0 Å². The van der Waals surface area contributed by atoms with Gasteiger partial charge in [0.1, 0.15) is 11.6 Å². The number of hydrogen-bond donors (Lipinski definition) is 2. The molecule has 0 aliphatic carbocycles. The van der Waals surface area contributed by atoms with Gasteiger partial charge in [-0.05, 0) is 30.3 Å². The molecule has 5 nitrogen and oxygen atoms in total. The van der Waals surface area contributed by atoms with Crippen LogP contribution >= 0.6 is 0 Å². The Hall–Kier alpha value is -2.15. The predicted octanol–water partition coefficient (Wildman–Crippen LogP) is 1.60. The fourth-order valence-corrected chi connectivity index (χ4v) is 2.41. The Morgan fingerprint density at radius 3 is 2.44 bits per heavy atom. The van der Waals surface area contributed by atoms with Crippen molar-refractivity contribution in [1.29, 1.82) is 0 Å². The Morgan fingerprint density at radius 2 is 1.83 bits per heavy atom. The molecule has 0 aliphatic heterocycles. The van der Waals surface area contributed by atoms with Crippen LogP contribution < -0.4 is 10.5 Å². The average molecular weight is 267 g/mol. The van der Waals surface area contributed by atoms with E-state index in [2.05, 4.69) is 9.71 Å². The van der Waals surface area contributed by atoms with Crippen molar-refractivity contribution < 1.29 is 12.8 Å². The summed E-state index contributed by atoms with van der Waals surface area (Å²) in [6.07, 6.45) is 1.30. The number of nitrogen functional groups attached to an aromatic ring is 1. The summed E-state index contributed by atoms with van der Waals surface area (Å²) in [6.45, 7) is 0. The molecule has 18 heavy (non-hydrogen) atoms. The Bertz CT molecular complexity index is 656. The van der Waals surface area contributed by atoms with Crippen molar-refractivity contribution in [2.24, 2.45) is 0 Å². The van der Waals surface area contributed by atoms with Gasteiger partial charge in [-0.2, -0.15) is 0 Å². The zero-order valence-electron chi connectivity index (χ0n) is 9.17. The first-order valence-corrected chi connectivity index (χ1v) is 6.45. The van der Waals surface area contributed by atoms with E-state index in [1.54, 1.807) is 0 Å². The first kappa shape index (κ1) is 12.3. The second-order valence-electron chi connectivity index (χ2n) is 3.53. The molecule has 0 aliphatic rings. The van der Waals surface area contributed by atoms with E-state index in [-0.39, 0.29) is 16.4 Å². The van der Waals surface area contributed by atoms with Gasteiger partial charge in [-0.1, -0.05) is 0 Å². The highest BCUT2D eigenvalue weighted by Crippen LogP contribution is 2.16. The molecule has 2 rings (SSSR count). The molecule has 0 bridgehead atoms. The number of anilines is 2. The van der Waals surface area contributed by atoms with Crippen LogP contribution in [0, 0.1) is 5.82 Å². The summed E-state index contributed by atoms with van der Waals surface area (Å²) in [5.74, 6) is -0.330. The van der Waals surface area contributed by atoms with Crippen LogP contribution in [-0.2, 0) is 10.0 Å². The highest BCUT2D eigenvalue weighted by Gasteiger charge is 2.14. The van der Waals surface area contributed by atoms with Crippen molar-refractivity contribution in [3.8, 4) is 0 Å². The van der Waals surface area contributed by atoms with Gasteiger partial charge < -0.3 is 5.73 Å². The lowest BCUT2D eigenvalue weighted by molar-refractivity contribution is 0.601. The van der Waals surface area contributed by atoms with Crippen LogP contribution in [0.5, 0.6) is 0 Å². The predicted molar refractivity (Wildman–Crippen MR) is 65.9 cm³/mol. The molecule has 0 amide bonds. The van der Waals surface area contributed by atoms with Crippen LogP contribution in [0.3, 0.4) is 0 Å². The fraction of sp³-hybridized carbons (Fsp3) is 0. The maximum absolute atomic E-state index is 12.7. The zero-order chi connectivity index (χ0) is 13.2. The molecule has 0 spiro atoms. The zero-order valence-corrected chi connectivity index (χ0v) is 9.99. The molecular formula is C11H10FN3O2S. The van der Waals surface area contributed by atoms with E-state index >= 15 is 0 Å².